The van der Waals surface area contributed by atoms with Gasteiger partial charge in [0.2, 0.25) is 5.91 Å². The van der Waals surface area contributed by atoms with Crippen molar-refractivity contribution in [1.82, 2.24) is 5.32 Å². The molecule has 0 rings (SSSR count). The SMILES string of the molecule is CCCCCCCCCCCCCCCCCCCCCCCCCCCCCCCCC(O)C(COP(=O)([O-])OCC[N+](C)(C)C)NC(C)=O. The van der Waals surface area contributed by atoms with Crippen LogP contribution in [0.1, 0.15) is 213 Å². The number of phosphoric ester groups is 1. The Balaban J connectivity index is 3.53. The minimum absolute atomic E-state index is 0.0112. The molecule has 0 fully saturated rings. The van der Waals surface area contributed by atoms with Gasteiger partial charge >= 0.3 is 0 Å². The fraction of sp³-hybridized carbons (Fsp3) is 0.976. The summed E-state index contributed by atoms with van der Waals surface area (Å²) in [6.45, 7) is 3.82. The summed E-state index contributed by atoms with van der Waals surface area (Å²) in [5, 5.41) is 13.2. The molecule has 0 aliphatic carbocycles. The van der Waals surface area contributed by atoms with Crippen molar-refractivity contribution in [2.75, 3.05) is 40.9 Å². The second-order valence-electron chi connectivity index (χ2n) is 16.5. The Morgan fingerprint density at radius 3 is 1.22 bits per heavy atom. The molecule has 3 unspecified atom stereocenters. The van der Waals surface area contributed by atoms with Gasteiger partial charge in [0.1, 0.15) is 13.2 Å². The first kappa shape index (κ1) is 50.5. The van der Waals surface area contributed by atoms with E-state index >= 15 is 0 Å². The van der Waals surface area contributed by atoms with Crippen LogP contribution in [0.25, 0.3) is 0 Å². The Labute approximate surface area is 317 Å². The average Bonchev–Trinajstić information content (AvgIpc) is 3.06. The lowest BCUT2D eigenvalue weighted by atomic mass is 10.0. The van der Waals surface area contributed by atoms with E-state index in [9.17, 15) is 19.4 Å². The van der Waals surface area contributed by atoms with Crippen molar-refractivity contribution in [3.05, 3.63) is 0 Å². The molecule has 0 aromatic carbocycles. The molecule has 0 aromatic rings. The number of aliphatic hydroxyl groups is 1. The lowest BCUT2D eigenvalue weighted by Crippen LogP contribution is -2.45. The highest BCUT2D eigenvalue weighted by molar-refractivity contribution is 7.45. The molecule has 0 aliphatic heterocycles. The van der Waals surface area contributed by atoms with Gasteiger partial charge in [0, 0.05) is 6.92 Å². The van der Waals surface area contributed by atoms with E-state index in [1.807, 2.05) is 21.1 Å². The number of hydrogen-bond donors (Lipinski definition) is 2. The van der Waals surface area contributed by atoms with Gasteiger partial charge in [-0.25, -0.2) is 0 Å². The van der Waals surface area contributed by atoms with Crippen LogP contribution in [0.4, 0.5) is 0 Å². The molecule has 0 saturated carbocycles. The van der Waals surface area contributed by atoms with Gasteiger partial charge in [0.15, 0.2) is 0 Å². The van der Waals surface area contributed by atoms with E-state index in [1.54, 1.807) is 0 Å². The second-order valence-corrected chi connectivity index (χ2v) is 17.9. The third-order valence-electron chi connectivity index (χ3n) is 10.1. The molecule has 1 amide bonds. The topological polar surface area (TPSA) is 108 Å². The monoisotopic (exact) mass is 747 g/mol. The van der Waals surface area contributed by atoms with Crippen molar-refractivity contribution in [3.63, 3.8) is 0 Å². The molecule has 51 heavy (non-hydrogen) atoms. The van der Waals surface area contributed by atoms with Crippen molar-refractivity contribution in [2.24, 2.45) is 0 Å². The predicted molar refractivity (Wildman–Crippen MR) is 215 cm³/mol. The number of quaternary nitrogens is 1. The van der Waals surface area contributed by atoms with Gasteiger partial charge in [-0.2, -0.15) is 0 Å². The Kier molecular flexibility index (Phi) is 34.9. The van der Waals surface area contributed by atoms with Crippen LogP contribution in [0, 0.1) is 0 Å². The molecule has 306 valence electrons. The van der Waals surface area contributed by atoms with Gasteiger partial charge in [-0.1, -0.05) is 200 Å². The van der Waals surface area contributed by atoms with Gasteiger partial charge in [0.05, 0.1) is 39.9 Å². The lowest BCUT2D eigenvalue weighted by Gasteiger charge is -2.29. The second kappa shape index (κ2) is 35.2. The number of phosphoric acid groups is 1. The molecule has 0 aliphatic rings. The van der Waals surface area contributed by atoms with E-state index in [0.29, 0.717) is 17.4 Å². The molecular formula is C42H87N2O6P. The van der Waals surface area contributed by atoms with E-state index in [0.717, 1.165) is 19.3 Å². The zero-order chi connectivity index (χ0) is 37.9. The smallest absolute Gasteiger partial charge is 0.268 e. The average molecular weight is 747 g/mol. The highest BCUT2D eigenvalue weighted by Crippen LogP contribution is 2.38. The number of nitrogens with one attached hydrogen (secondary N) is 1. The Morgan fingerprint density at radius 1 is 0.608 bits per heavy atom. The van der Waals surface area contributed by atoms with Crippen LogP contribution >= 0.6 is 7.82 Å². The Bertz CT molecular complexity index is 809. The van der Waals surface area contributed by atoms with Crippen molar-refractivity contribution in [2.45, 2.75) is 225 Å². The normalized spacial score (nSPS) is 14.4. The number of likely N-dealkylation sites (N-methyl/N-ethyl adjacent to an activating group) is 1. The number of amides is 1. The summed E-state index contributed by atoms with van der Waals surface area (Å²) in [5.41, 5.74) is 0. The van der Waals surface area contributed by atoms with Crippen molar-refractivity contribution < 1.29 is 32.9 Å². The lowest BCUT2D eigenvalue weighted by molar-refractivity contribution is -0.870. The largest absolute Gasteiger partial charge is 0.756 e. The summed E-state index contributed by atoms with van der Waals surface area (Å²) in [6, 6.07) is -0.796. The summed E-state index contributed by atoms with van der Waals surface area (Å²) in [5.74, 6) is -0.338. The van der Waals surface area contributed by atoms with E-state index in [4.69, 9.17) is 9.05 Å². The Hall–Kier alpha value is -0.500. The molecule has 2 N–H and O–H groups in total. The van der Waals surface area contributed by atoms with E-state index in [-0.39, 0.29) is 19.1 Å². The number of hydrogen-bond acceptors (Lipinski definition) is 6. The maximum atomic E-state index is 12.1. The van der Waals surface area contributed by atoms with Crippen molar-refractivity contribution in [1.29, 1.82) is 0 Å². The molecule has 0 radical (unpaired) electrons. The van der Waals surface area contributed by atoms with Crippen LogP contribution in [0.3, 0.4) is 0 Å². The molecule has 0 spiro atoms. The zero-order valence-electron chi connectivity index (χ0n) is 34.6. The first-order chi connectivity index (χ1) is 24.5. The first-order valence-corrected chi connectivity index (χ1v) is 23.3. The highest BCUT2D eigenvalue weighted by Gasteiger charge is 2.23. The van der Waals surface area contributed by atoms with Crippen LogP contribution in [0.2, 0.25) is 0 Å². The van der Waals surface area contributed by atoms with E-state index < -0.39 is 20.0 Å². The van der Waals surface area contributed by atoms with Gasteiger partial charge in [-0.3, -0.25) is 9.36 Å². The number of nitrogens with zero attached hydrogens (tertiary/aromatic N) is 1. The molecule has 0 aromatic heterocycles. The van der Waals surface area contributed by atoms with Gasteiger partial charge in [0.25, 0.3) is 7.82 Å². The minimum atomic E-state index is -4.51. The van der Waals surface area contributed by atoms with Crippen molar-refractivity contribution >= 4 is 13.7 Å². The summed E-state index contributed by atoms with van der Waals surface area (Å²) >= 11 is 0. The maximum Gasteiger partial charge on any atom is 0.268 e. The van der Waals surface area contributed by atoms with Crippen LogP contribution in [-0.4, -0.2) is 68.5 Å². The molecule has 3 atom stereocenters. The standard InChI is InChI=1S/C42H87N2O6P/c1-6-7-8-9-10-11-12-13-14-15-16-17-18-19-20-21-22-23-24-25-26-27-28-29-30-31-32-33-34-35-36-42(46)41(43-40(2)45)39-50-51(47,48)49-38-37-44(3,4)5/h41-42,46H,6-39H2,1-5H3,(H-,43,45,47,48). The number of carbonyl (C=O) groups excluding carboxylic acids is 1. The summed E-state index contributed by atoms with van der Waals surface area (Å²) < 4.78 is 22.6. The highest BCUT2D eigenvalue weighted by atomic mass is 31.2. The Morgan fingerprint density at radius 2 is 0.922 bits per heavy atom. The number of aliphatic hydroxyl groups excluding tert-OH is 1. The third-order valence-corrected chi connectivity index (χ3v) is 11.1. The van der Waals surface area contributed by atoms with Crippen LogP contribution in [0.15, 0.2) is 0 Å². The van der Waals surface area contributed by atoms with E-state index in [2.05, 4.69) is 12.2 Å². The minimum Gasteiger partial charge on any atom is -0.756 e. The number of unbranched alkanes of at least 4 members (excludes halogenated alkanes) is 29. The van der Waals surface area contributed by atoms with Crippen molar-refractivity contribution in [3.8, 4) is 0 Å². The van der Waals surface area contributed by atoms with Gasteiger partial charge in [-0.05, 0) is 6.42 Å². The van der Waals surface area contributed by atoms with Crippen LogP contribution in [-0.2, 0) is 18.4 Å². The zero-order valence-corrected chi connectivity index (χ0v) is 35.5. The fourth-order valence-corrected chi connectivity index (χ4v) is 7.45. The number of carbonyl (C=O) groups is 1. The van der Waals surface area contributed by atoms with Gasteiger partial charge in [-0.15, -0.1) is 0 Å². The fourth-order valence-electron chi connectivity index (χ4n) is 6.72. The van der Waals surface area contributed by atoms with Crippen LogP contribution < -0.4 is 10.2 Å². The molecular weight excluding hydrogens is 659 g/mol. The van der Waals surface area contributed by atoms with Crippen LogP contribution in [0.5, 0.6) is 0 Å². The first-order valence-electron chi connectivity index (χ1n) is 21.8. The predicted octanol–water partition coefficient (Wildman–Crippen LogP) is 11.2. The summed E-state index contributed by atoms with van der Waals surface area (Å²) in [4.78, 5) is 23.7. The molecule has 8 nitrogen and oxygen atoms in total. The quantitative estimate of drug-likeness (QED) is 0.0367. The molecule has 9 heteroatoms. The maximum absolute atomic E-state index is 12.1. The summed E-state index contributed by atoms with van der Waals surface area (Å²) in [7, 11) is 1.30. The molecule has 0 bridgehead atoms. The third kappa shape index (κ3) is 39.0. The summed E-state index contributed by atoms with van der Waals surface area (Å²) in [6.07, 6.45) is 40.6. The van der Waals surface area contributed by atoms with E-state index in [1.165, 1.54) is 180 Å². The van der Waals surface area contributed by atoms with Gasteiger partial charge < -0.3 is 28.8 Å². The molecule has 0 heterocycles. The number of rotatable bonds is 40. The molecule has 0 saturated heterocycles.